The first-order chi connectivity index (χ1) is 8.88. The zero-order valence-corrected chi connectivity index (χ0v) is 11.0. The second-order valence-corrected chi connectivity index (χ2v) is 4.42. The summed E-state index contributed by atoms with van der Waals surface area (Å²) in [5, 5.41) is 9.03. The molecule has 0 aliphatic rings. The molecule has 1 unspecified atom stereocenters. The monoisotopic (exact) mass is 272 g/mol. The summed E-state index contributed by atoms with van der Waals surface area (Å²) in [5.41, 5.74) is 0.864. The molecule has 0 amide bonds. The standard InChI is InChI=1S/C14H18F2O3/c1-3-19-13(18)8-12(14(2,15)16)11-6-4-5-10(7-11)9-17/h4-7,12,17H,3,8-9H2,1-2H3. The largest absolute Gasteiger partial charge is 0.466 e. The van der Waals surface area contributed by atoms with Crippen molar-refractivity contribution in [2.24, 2.45) is 0 Å². The van der Waals surface area contributed by atoms with E-state index in [4.69, 9.17) is 9.84 Å². The Morgan fingerprint density at radius 2 is 2.16 bits per heavy atom. The van der Waals surface area contributed by atoms with E-state index < -0.39 is 17.8 Å². The maximum absolute atomic E-state index is 13.6. The molecule has 5 heteroatoms. The molecule has 0 heterocycles. The van der Waals surface area contributed by atoms with Crippen LogP contribution in [0, 0.1) is 0 Å². The number of alkyl halides is 2. The zero-order valence-electron chi connectivity index (χ0n) is 11.0. The van der Waals surface area contributed by atoms with Gasteiger partial charge < -0.3 is 9.84 Å². The van der Waals surface area contributed by atoms with E-state index in [0.29, 0.717) is 11.1 Å². The predicted molar refractivity (Wildman–Crippen MR) is 67.0 cm³/mol. The van der Waals surface area contributed by atoms with E-state index in [1.807, 2.05) is 0 Å². The van der Waals surface area contributed by atoms with E-state index in [1.165, 1.54) is 12.1 Å². The molecule has 0 saturated carbocycles. The maximum Gasteiger partial charge on any atom is 0.306 e. The van der Waals surface area contributed by atoms with E-state index in [-0.39, 0.29) is 19.6 Å². The molecule has 1 rings (SSSR count). The minimum atomic E-state index is -3.04. The Balaban J connectivity index is 2.99. The van der Waals surface area contributed by atoms with Gasteiger partial charge in [0, 0.05) is 0 Å². The van der Waals surface area contributed by atoms with Crippen LogP contribution < -0.4 is 0 Å². The molecule has 1 atom stereocenters. The SMILES string of the molecule is CCOC(=O)CC(c1cccc(CO)c1)C(C)(F)F. The van der Waals surface area contributed by atoms with Crippen molar-refractivity contribution >= 4 is 5.97 Å². The molecule has 0 aliphatic carbocycles. The molecule has 0 aliphatic heterocycles. The number of rotatable bonds is 6. The highest BCUT2D eigenvalue weighted by Crippen LogP contribution is 2.36. The van der Waals surface area contributed by atoms with Gasteiger partial charge in [0.2, 0.25) is 0 Å². The van der Waals surface area contributed by atoms with Gasteiger partial charge in [0.1, 0.15) is 0 Å². The van der Waals surface area contributed by atoms with Crippen LogP contribution in [0.5, 0.6) is 0 Å². The van der Waals surface area contributed by atoms with Crippen molar-refractivity contribution in [2.75, 3.05) is 6.61 Å². The van der Waals surface area contributed by atoms with Crippen LogP contribution in [0.1, 0.15) is 37.3 Å². The van der Waals surface area contributed by atoms with Gasteiger partial charge in [-0.1, -0.05) is 24.3 Å². The molecule has 1 aromatic carbocycles. The fraction of sp³-hybridized carbons (Fsp3) is 0.500. The Bertz CT molecular complexity index is 427. The van der Waals surface area contributed by atoms with Crippen molar-refractivity contribution in [3.05, 3.63) is 35.4 Å². The number of aliphatic hydroxyl groups excluding tert-OH is 1. The van der Waals surface area contributed by atoms with Crippen LogP contribution >= 0.6 is 0 Å². The minimum absolute atomic E-state index is 0.164. The second kappa shape index (κ2) is 6.61. The smallest absolute Gasteiger partial charge is 0.306 e. The highest BCUT2D eigenvalue weighted by atomic mass is 19.3. The van der Waals surface area contributed by atoms with E-state index >= 15 is 0 Å². The van der Waals surface area contributed by atoms with Crippen LogP contribution in [0.15, 0.2) is 24.3 Å². The third kappa shape index (κ3) is 4.59. The molecule has 1 aromatic rings. The lowest BCUT2D eigenvalue weighted by Crippen LogP contribution is -2.26. The van der Waals surface area contributed by atoms with E-state index in [1.54, 1.807) is 19.1 Å². The Kier molecular flexibility index (Phi) is 5.42. The van der Waals surface area contributed by atoms with Gasteiger partial charge in [0.05, 0.1) is 25.6 Å². The van der Waals surface area contributed by atoms with E-state index in [9.17, 15) is 13.6 Å². The minimum Gasteiger partial charge on any atom is -0.466 e. The van der Waals surface area contributed by atoms with Crippen molar-refractivity contribution in [2.45, 2.75) is 38.7 Å². The number of ether oxygens (including phenoxy) is 1. The second-order valence-electron chi connectivity index (χ2n) is 4.42. The molecular formula is C14H18F2O3. The lowest BCUT2D eigenvalue weighted by atomic mass is 9.89. The van der Waals surface area contributed by atoms with Gasteiger partial charge >= 0.3 is 5.97 Å². The number of hydrogen-bond donors (Lipinski definition) is 1. The quantitative estimate of drug-likeness (QED) is 0.810. The summed E-state index contributed by atoms with van der Waals surface area (Å²) in [4.78, 5) is 11.4. The summed E-state index contributed by atoms with van der Waals surface area (Å²) in [5.74, 6) is -4.94. The van der Waals surface area contributed by atoms with Gasteiger partial charge in [-0.2, -0.15) is 0 Å². The first-order valence-electron chi connectivity index (χ1n) is 6.11. The number of esters is 1. The molecule has 0 fully saturated rings. The van der Waals surface area contributed by atoms with Crippen molar-refractivity contribution in [3.8, 4) is 0 Å². The van der Waals surface area contributed by atoms with Gasteiger partial charge in [-0.3, -0.25) is 4.79 Å². The van der Waals surface area contributed by atoms with Gasteiger partial charge in [-0.05, 0) is 25.0 Å². The van der Waals surface area contributed by atoms with Crippen molar-refractivity contribution in [1.82, 2.24) is 0 Å². The van der Waals surface area contributed by atoms with E-state index in [2.05, 4.69) is 0 Å². The third-order valence-corrected chi connectivity index (χ3v) is 2.82. The van der Waals surface area contributed by atoms with Crippen LogP contribution in [0.4, 0.5) is 8.78 Å². The fourth-order valence-corrected chi connectivity index (χ4v) is 1.88. The lowest BCUT2D eigenvalue weighted by molar-refractivity contribution is -0.146. The van der Waals surface area contributed by atoms with Crippen LogP contribution in [0.2, 0.25) is 0 Å². The third-order valence-electron chi connectivity index (χ3n) is 2.82. The van der Waals surface area contributed by atoms with Gasteiger partial charge in [0.15, 0.2) is 0 Å². The average molecular weight is 272 g/mol. The summed E-state index contributed by atoms with van der Waals surface area (Å²) >= 11 is 0. The number of aliphatic hydroxyl groups is 1. The van der Waals surface area contributed by atoms with Gasteiger partial charge in [-0.25, -0.2) is 8.78 Å². The van der Waals surface area contributed by atoms with Crippen molar-refractivity contribution in [1.29, 1.82) is 0 Å². The van der Waals surface area contributed by atoms with Crippen LogP contribution in [0.25, 0.3) is 0 Å². The molecule has 0 saturated heterocycles. The van der Waals surface area contributed by atoms with Crippen LogP contribution in [-0.4, -0.2) is 23.6 Å². The highest BCUT2D eigenvalue weighted by Gasteiger charge is 2.37. The lowest BCUT2D eigenvalue weighted by Gasteiger charge is -2.23. The summed E-state index contributed by atoms with van der Waals surface area (Å²) in [6.07, 6.45) is -0.383. The summed E-state index contributed by atoms with van der Waals surface area (Å²) in [7, 11) is 0. The highest BCUT2D eigenvalue weighted by molar-refractivity contribution is 5.70. The molecule has 19 heavy (non-hydrogen) atoms. The Morgan fingerprint density at radius 3 is 2.68 bits per heavy atom. The number of benzene rings is 1. The molecular weight excluding hydrogens is 254 g/mol. The molecule has 106 valence electrons. The summed E-state index contributed by atoms with van der Waals surface area (Å²) in [6, 6.07) is 6.24. The average Bonchev–Trinajstić information content (AvgIpc) is 2.35. The Morgan fingerprint density at radius 1 is 1.47 bits per heavy atom. The molecule has 1 N–H and O–H groups in total. The van der Waals surface area contributed by atoms with Crippen molar-refractivity contribution in [3.63, 3.8) is 0 Å². The number of hydrogen-bond acceptors (Lipinski definition) is 3. The molecule has 0 aromatic heterocycles. The first-order valence-corrected chi connectivity index (χ1v) is 6.11. The number of carbonyl (C=O) groups excluding carboxylic acids is 1. The zero-order chi connectivity index (χ0) is 14.5. The van der Waals surface area contributed by atoms with Gasteiger partial charge in [0.25, 0.3) is 5.92 Å². The molecule has 3 nitrogen and oxygen atoms in total. The molecule has 0 bridgehead atoms. The fourth-order valence-electron chi connectivity index (χ4n) is 1.88. The topological polar surface area (TPSA) is 46.5 Å². The molecule has 0 radical (unpaired) electrons. The van der Waals surface area contributed by atoms with E-state index in [0.717, 1.165) is 6.92 Å². The molecule has 0 spiro atoms. The normalized spacial score (nSPS) is 13.1. The van der Waals surface area contributed by atoms with Crippen LogP contribution in [-0.2, 0) is 16.1 Å². The summed E-state index contributed by atoms with van der Waals surface area (Å²) in [6.45, 7) is 2.35. The van der Waals surface area contributed by atoms with Gasteiger partial charge in [-0.15, -0.1) is 0 Å². The number of carbonyl (C=O) groups is 1. The maximum atomic E-state index is 13.6. The Hall–Kier alpha value is -1.49. The first kappa shape index (κ1) is 15.6. The number of halogens is 2. The predicted octanol–water partition coefficient (Wildman–Crippen LogP) is 2.87. The summed E-state index contributed by atoms with van der Waals surface area (Å²) < 4.78 is 32.0. The van der Waals surface area contributed by atoms with Crippen molar-refractivity contribution < 1.29 is 23.4 Å². The Labute approximate surface area is 111 Å². The van der Waals surface area contributed by atoms with Crippen LogP contribution in [0.3, 0.4) is 0 Å².